The maximum absolute atomic E-state index is 12.7. The molecule has 0 atom stereocenters. The van der Waals surface area contributed by atoms with Gasteiger partial charge in [-0.3, -0.25) is 4.79 Å². The van der Waals surface area contributed by atoms with E-state index < -0.39 is 0 Å². The maximum atomic E-state index is 12.7. The first-order valence-electron chi connectivity index (χ1n) is 7.09. The lowest BCUT2D eigenvalue weighted by atomic mass is 10.0. The van der Waals surface area contributed by atoms with Crippen LogP contribution in [0.2, 0.25) is 0 Å². The van der Waals surface area contributed by atoms with Gasteiger partial charge in [-0.1, -0.05) is 0 Å². The van der Waals surface area contributed by atoms with Crippen molar-refractivity contribution in [3.05, 3.63) is 52.2 Å². The van der Waals surface area contributed by atoms with Crippen molar-refractivity contribution in [1.29, 1.82) is 0 Å². The van der Waals surface area contributed by atoms with Crippen LogP contribution >= 0.6 is 80.2 Å². The van der Waals surface area contributed by atoms with Gasteiger partial charge in [-0.05, 0) is 112 Å². The lowest BCUT2D eigenvalue weighted by molar-refractivity contribution is 0.103. The zero-order valence-corrected chi connectivity index (χ0v) is 20.8. The molecule has 0 spiro atoms. The normalized spacial score (nSPS) is 10.5. The van der Waals surface area contributed by atoms with Crippen LogP contribution in [0.4, 0.5) is 0 Å². The third kappa shape index (κ3) is 6.36. The zero-order chi connectivity index (χ0) is 17.9. The summed E-state index contributed by atoms with van der Waals surface area (Å²) >= 11 is 6.41. The molecular weight excluding hydrogens is 682 g/mol. The predicted octanol–water partition coefficient (Wildman–Crippen LogP) is 4.80. The molecule has 0 radical (unpaired) electrons. The van der Waals surface area contributed by atoms with E-state index in [1.54, 1.807) is 18.2 Å². The number of phenolic OH excluding ortho intramolecular Hbond substituents is 1. The van der Waals surface area contributed by atoms with Crippen LogP contribution in [0.3, 0.4) is 0 Å². The highest BCUT2D eigenvalue weighted by Gasteiger charge is 2.16. The molecule has 0 bridgehead atoms. The molecule has 0 amide bonds. The third-order valence-corrected chi connectivity index (χ3v) is 5.72. The van der Waals surface area contributed by atoms with Crippen LogP contribution in [0.5, 0.6) is 11.5 Å². The molecule has 25 heavy (non-hydrogen) atoms. The van der Waals surface area contributed by atoms with Gasteiger partial charge in [0.2, 0.25) is 0 Å². The number of carbonyl (C=O) groups is 1. The van der Waals surface area contributed by atoms with Gasteiger partial charge in [-0.25, -0.2) is 0 Å². The van der Waals surface area contributed by atoms with E-state index >= 15 is 0 Å². The Morgan fingerprint density at radius 2 is 1.60 bits per heavy atom. The maximum Gasteiger partial charge on any atom is 0.193 e. The number of phenols is 1. The molecule has 0 saturated heterocycles. The van der Waals surface area contributed by atoms with Crippen LogP contribution in [0.25, 0.3) is 0 Å². The summed E-state index contributed by atoms with van der Waals surface area (Å²) in [7, 11) is 4.00. The molecule has 0 aliphatic carbocycles. The Bertz CT molecular complexity index is 746. The molecule has 8 heteroatoms. The number of carbonyl (C=O) groups excluding carboxylic acids is 1. The minimum atomic E-state index is -0.0661. The van der Waals surface area contributed by atoms with Crippen molar-refractivity contribution in [3.63, 3.8) is 0 Å². The van der Waals surface area contributed by atoms with Gasteiger partial charge < -0.3 is 14.7 Å². The van der Waals surface area contributed by atoms with Gasteiger partial charge >= 0.3 is 0 Å². The molecule has 2 aromatic carbocycles. The van der Waals surface area contributed by atoms with Crippen molar-refractivity contribution in [2.75, 3.05) is 27.2 Å². The topological polar surface area (TPSA) is 49.8 Å². The number of rotatable bonds is 6. The molecule has 136 valence electrons. The van der Waals surface area contributed by atoms with Gasteiger partial charge in [0.15, 0.2) is 5.78 Å². The molecule has 0 heterocycles. The fraction of sp³-hybridized carbons (Fsp3) is 0.235. The lowest BCUT2D eigenvalue weighted by Crippen LogP contribution is -2.20. The summed E-state index contributed by atoms with van der Waals surface area (Å²) in [5.41, 5.74) is 1.18. The molecule has 0 saturated carbocycles. The minimum absolute atomic E-state index is 0. The molecule has 0 aromatic heterocycles. The highest BCUT2D eigenvalue weighted by molar-refractivity contribution is 14.1. The fourth-order valence-electron chi connectivity index (χ4n) is 1.97. The van der Waals surface area contributed by atoms with Crippen LogP contribution in [0.15, 0.2) is 30.3 Å². The number of likely N-dealkylation sites (N-methyl/N-ethyl adjacent to an activating group) is 1. The molecule has 1 N–H and O–H groups in total. The number of benzene rings is 2. The van der Waals surface area contributed by atoms with Gasteiger partial charge in [-0.2, -0.15) is 0 Å². The van der Waals surface area contributed by atoms with Crippen molar-refractivity contribution in [2.45, 2.75) is 0 Å². The van der Waals surface area contributed by atoms with Crippen LogP contribution in [0.1, 0.15) is 15.9 Å². The van der Waals surface area contributed by atoms with Crippen LogP contribution in [0, 0.1) is 10.7 Å². The summed E-state index contributed by atoms with van der Waals surface area (Å²) < 4.78 is 8.33. The Morgan fingerprint density at radius 3 is 2.12 bits per heavy atom. The minimum Gasteiger partial charge on any atom is -0.507 e. The Kier molecular flexibility index (Phi) is 9.72. The van der Waals surface area contributed by atoms with E-state index in [0.29, 0.717) is 21.3 Å². The Balaban J connectivity index is 0.00000312. The van der Waals surface area contributed by atoms with E-state index in [4.69, 9.17) is 4.74 Å². The lowest BCUT2D eigenvalue weighted by Gasteiger charge is -2.14. The van der Waals surface area contributed by atoms with E-state index in [1.165, 1.54) is 0 Å². The van der Waals surface area contributed by atoms with Gasteiger partial charge in [0.25, 0.3) is 0 Å². The Hall–Kier alpha value is 0.150. The number of ketones is 1. The van der Waals surface area contributed by atoms with E-state index in [0.717, 1.165) is 19.4 Å². The summed E-state index contributed by atoms with van der Waals surface area (Å²) in [6, 6.07) is 8.57. The standard InChI is InChI=1S/C17H16I3NO3.ClH/c1-21(2)5-6-24-17-13(19)8-11(9-14(17)20)16(23)10-3-4-15(22)12(18)7-10;/h3-4,7-9,22H,5-6H2,1-2H3;1H. The summed E-state index contributed by atoms with van der Waals surface area (Å²) in [6.07, 6.45) is 0. The summed E-state index contributed by atoms with van der Waals surface area (Å²) in [6.45, 7) is 1.43. The third-order valence-electron chi connectivity index (χ3n) is 3.26. The second-order valence-corrected chi connectivity index (χ2v) is 8.90. The summed E-state index contributed by atoms with van der Waals surface area (Å²) in [5, 5.41) is 9.60. The molecule has 0 aliphatic heterocycles. The van der Waals surface area contributed by atoms with Crippen molar-refractivity contribution in [3.8, 4) is 11.5 Å². The van der Waals surface area contributed by atoms with E-state index in [2.05, 4.69) is 50.1 Å². The Morgan fingerprint density at radius 1 is 1.04 bits per heavy atom. The SMILES string of the molecule is CN(C)CCOc1c(I)cc(C(=O)c2ccc(O)c(I)c2)cc1I.Cl. The van der Waals surface area contributed by atoms with Gasteiger partial charge in [-0.15, -0.1) is 12.4 Å². The number of halogens is 4. The Labute approximate surface area is 194 Å². The first kappa shape index (κ1) is 23.2. The monoisotopic (exact) mass is 699 g/mol. The van der Waals surface area contributed by atoms with Crippen molar-refractivity contribution in [1.82, 2.24) is 4.90 Å². The summed E-state index contributed by atoms with van der Waals surface area (Å²) in [5.74, 6) is 0.930. The van der Waals surface area contributed by atoms with Crippen molar-refractivity contribution in [2.24, 2.45) is 0 Å². The second kappa shape index (κ2) is 10.5. The van der Waals surface area contributed by atoms with Gasteiger partial charge in [0.05, 0.1) is 10.7 Å². The molecular formula is C17H17ClI3NO3. The predicted molar refractivity (Wildman–Crippen MR) is 127 cm³/mol. The molecule has 2 aromatic rings. The number of nitrogens with zero attached hydrogens (tertiary/aromatic N) is 1. The van der Waals surface area contributed by atoms with Crippen molar-refractivity contribution >= 4 is 86.0 Å². The average molecular weight is 699 g/mol. The summed E-state index contributed by atoms with van der Waals surface area (Å²) in [4.78, 5) is 14.7. The van der Waals surface area contributed by atoms with Crippen molar-refractivity contribution < 1.29 is 14.6 Å². The fourth-order valence-corrected chi connectivity index (χ4v) is 4.57. The smallest absolute Gasteiger partial charge is 0.193 e. The van der Waals surface area contributed by atoms with E-state index in [-0.39, 0.29) is 23.9 Å². The van der Waals surface area contributed by atoms with E-state index in [9.17, 15) is 9.90 Å². The first-order valence-corrected chi connectivity index (χ1v) is 10.3. The average Bonchev–Trinajstić information content (AvgIpc) is 2.51. The quantitative estimate of drug-likeness (QED) is 0.348. The van der Waals surface area contributed by atoms with Crippen LogP contribution < -0.4 is 4.74 Å². The van der Waals surface area contributed by atoms with E-state index in [1.807, 2.05) is 48.8 Å². The number of aromatic hydroxyl groups is 1. The second-order valence-electron chi connectivity index (χ2n) is 5.42. The zero-order valence-electron chi connectivity index (χ0n) is 13.6. The molecule has 0 fully saturated rings. The molecule has 4 nitrogen and oxygen atoms in total. The number of ether oxygens (including phenoxy) is 1. The van der Waals surface area contributed by atoms with Gasteiger partial charge in [0, 0.05) is 17.7 Å². The first-order chi connectivity index (χ1) is 11.3. The number of hydrogen-bond acceptors (Lipinski definition) is 4. The molecule has 2 rings (SSSR count). The molecule has 0 aliphatic rings. The highest BCUT2D eigenvalue weighted by atomic mass is 127. The molecule has 0 unspecified atom stereocenters. The van der Waals surface area contributed by atoms with Crippen LogP contribution in [-0.4, -0.2) is 43.0 Å². The van der Waals surface area contributed by atoms with Gasteiger partial charge in [0.1, 0.15) is 18.1 Å². The number of hydrogen-bond donors (Lipinski definition) is 1. The largest absolute Gasteiger partial charge is 0.507 e. The highest BCUT2D eigenvalue weighted by Crippen LogP contribution is 2.30. The van der Waals surface area contributed by atoms with Crippen LogP contribution in [-0.2, 0) is 0 Å².